The van der Waals surface area contributed by atoms with Crippen LogP contribution in [0.1, 0.15) is 11.1 Å². The van der Waals surface area contributed by atoms with Gasteiger partial charge in [-0.1, -0.05) is 58.4 Å². The molecule has 3 rings (SSSR count). The molecule has 3 heteroatoms. The summed E-state index contributed by atoms with van der Waals surface area (Å²) in [7, 11) is 0. The van der Waals surface area contributed by atoms with Crippen LogP contribution in [0.3, 0.4) is 0 Å². The Labute approximate surface area is 134 Å². The Morgan fingerprint density at radius 1 is 1.05 bits per heavy atom. The van der Waals surface area contributed by atoms with Gasteiger partial charge >= 0.3 is 0 Å². The molecule has 0 radical (unpaired) electrons. The van der Waals surface area contributed by atoms with Crippen molar-refractivity contribution in [1.82, 2.24) is 10.2 Å². The minimum absolute atomic E-state index is 0.977. The number of nitrogens with one attached hydrogen (secondary N) is 1. The molecule has 2 nitrogen and oxygen atoms in total. The van der Waals surface area contributed by atoms with Gasteiger partial charge in [0.25, 0.3) is 0 Å². The summed E-state index contributed by atoms with van der Waals surface area (Å²) < 4.78 is 1.14. The number of benzene rings is 2. The Bertz CT molecular complexity index is 605. The molecule has 108 valence electrons. The molecule has 0 aliphatic carbocycles. The second kappa shape index (κ2) is 6.92. The number of piperazine rings is 1. The molecule has 0 amide bonds. The third-order valence-corrected chi connectivity index (χ3v) is 4.16. The molecule has 1 heterocycles. The lowest BCUT2D eigenvalue weighted by molar-refractivity contribution is 0.260. The highest BCUT2D eigenvalue weighted by atomic mass is 79.9. The van der Waals surface area contributed by atoms with E-state index < -0.39 is 0 Å². The highest BCUT2D eigenvalue weighted by Crippen LogP contribution is 2.15. The van der Waals surface area contributed by atoms with Crippen molar-refractivity contribution < 1.29 is 0 Å². The largest absolute Gasteiger partial charge is 0.386 e. The molecule has 1 aliphatic heterocycles. The summed E-state index contributed by atoms with van der Waals surface area (Å²) in [6, 6.07) is 19.1. The molecule has 0 spiro atoms. The Hall–Kier alpha value is -1.58. The standard InChI is InChI=1S/C18H19BrN2/c19-17-8-6-16(7-9-17)13-21-11-10-20-18(14-21)12-15-4-2-1-3-5-15/h1-9,12,20H,10-11,13-14H2/b18-12-. The van der Waals surface area contributed by atoms with E-state index in [1.165, 1.54) is 16.8 Å². The van der Waals surface area contributed by atoms with Crippen molar-refractivity contribution in [2.24, 2.45) is 0 Å². The van der Waals surface area contributed by atoms with Crippen LogP contribution in [0.2, 0.25) is 0 Å². The topological polar surface area (TPSA) is 15.3 Å². The maximum absolute atomic E-state index is 3.50. The Morgan fingerprint density at radius 3 is 2.57 bits per heavy atom. The molecule has 0 bridgehead atoms. The zero-order chi connectivity index (χ0) is 14.5. The number of halogens is 1. The van der Waals surface area contributed by atoms with Gasteiger partial charge in [0, 0.05) is 36.3 Å². The first-order valence-electron chi connectivity index (χ1n) is 7.26. The highest BCUT2D eigenvalue weighted by Gasteiger charge is 2.13. The smallest absolute Gasteiger partial charge is 0.0386 e. The lowest BCUT2D eigenvalue weighted by Crippen LogP contribution is -2.41. The lowest BCUT2D eigenvalue weighted by Gasteiger charge is -2.30. The zero-order valence-corrected chi connectivity index (χ0v) is 13.5. The van der Waals surface area contributed by atoms with Crippen molar-refractivity contribution in [2.75, 3.05) is 19.6 Å². The van der Waals surface area contributed by atoms with Crippen LogP contribution >= 0.6 is 15.9 Å². The quantitative estimate of drug-likeness (QED) is 0.909. The average molecular weight is 343 g/mol. The van der Waals surface area contributed by atoms with Gasteiger partial charge in [-0.25, -0.2) is 0 Å². The predicted molar refractivity (Wildman–Crippen MR) is 91.8 cm³/mol. The van der Waals surface area contributed by atoms with Gasteiger partial charge in [0.2, 0.25) is 0 Å². The molecule has 1 saturated heterocycles. The summed E-state index contributed by atoms with van der Waals surface area (Å²) in [5.74, 6) is 0. The van der Waals surface area contributed by atoms with Crippen LogP contribution in [0, 0.1) is 0 Å². The Kier molecular flexibility index (Phi) is 4.73. The van der Waals surface area contributed by atoms with E-state index in [0.29, 0.717) is 0 Å². The third-order valence-electron chi connectivity index (χ3n) is 3.63. The number of nitrogens with zero attached hydrogens (tertiary/aromatic N) is 1. The fourth-order valence-electron chi connectivity index (χ4n) is 2.58. The van der Waals surface area contributed by atoms with Gasteiger partial charge in [-0.2, -0.15) is 0 Å². The molecule has 1 N–H and O–H groups in total. The molecule has 2 aromatic carbocycles. The molecule has 0 saturated carbocycles. The van der Waals surface area contributed by atoms with Gasteiger partial charge < -0.3 is 5.32 Å². The second-order valence-electron chi connectivity index (χ2n) is 5.34. The molecule has 1 fully saturated rings. The molecular formula is C18H19BrN2. The van der Waals surface area contributed by atoms with Crippen LogP contribution in [0.5, 0.6) is 0 Å². The van der Waals surface area contributed by atoms with Gasteiger partial charge in [0.1, 0.15) is 0 Å². The van der Waals surface area contributed by atoms with Crippen LogP contribution in [-0.4, -0.2) is 24.5 Å². The Balaban J connectivity index is 1.65. The van der Waals surface area contributed by atoms with E-state index in [1.807, 2.05) is 0 Å². The van der Waals surface area contributed by atoms with E-state index in [-0.39, 0.29) is 0 Å². The normalized spacial score (nSPS) is 17.7. The third kappa shape index (κ3) is 4.19. The zero-order valence-electron chi connectivity index (χ0n) is 11.9. The second-order valence-corrected chi connectivity index (χ2v) is 6.26. The van der Waals surface area contributed by atoms with Crippen molar-refractivity contribution in [2.45, 2.75) is 6.54 Å². The predicted octanol–water partition coefficient (Wildman–Crippen LogP) is 3.90. The van der Waals surface area contributed by atoms with Crippen LogP contribution < -0.4 is 5.32 Å². The van der Waals surface area contributed by atoms with E-state index in [9.17, 15) is 0 Å². The van der Waals surface area contributed by atoms with Crippen LogP contribution in [0.4, 0.5) is 0 Å². The average Bonchev–Trinajstić information content (AvgIpc) is 2.51. The summed E-state index contributed by atoms with van der Waals surface area (Å²) in [5, 5.41) is 3.50. The lowest BCUT2D eigenvalue weighted by atomic mass is 10.1. The first-order chi connectivity index (χ1) is 10.3. The van der Waals surface area contributed by atoms with Gasteiger partial charge in [-0.3, -0.25) is 4.90 Å². The molecule has 0 atom stereocenters. The van der Waals surface area contributed by atoms with E-state index in [2.05, 4.69) is 86.8 Å². The van der Waals surface area contributed by atoms with Gasteiger partial charge in [-0.05, 0) is 29.3 Å². The molecule has 0 unspecified atom stereocenters. The number of hydrogen-bond donors (Lipinski definition) is 1. The van der Waals surface area contributed by atoms with Crippen molar-refractivity contribution in [1.29, 1.82) is 0 Å². The van der Waals surface area contributed by atoms with Crippen molar-refractivity contribution in [3.63, 3.8) is 0 Å². The minimum atomic E-state index is 0.977. The van der Waals surface area contributed by atoms with Gasteiger partial charge in [-0.15, -0.1) is 0 Å². The first-order valence-corrected chi connectivity index (χ1v) is 8.05. The van der Waals surface area contributed by atoms with Gasteiger partial charge in [0.05, 0.1) is 0 Å². The summed E-state index contributed by atoms with van der Waals surface area (Å²) in [4.78, 5) is 2.48. The van der Waals surface area contributed by atoms with Crippen molar-refractivity contribution in [3.8, 4) is 0 Å². The maximum atomic E-state index is 3.50. The molecular weight excluding hydrogens is 324 g/mol. The monoisotopic (exact) mass is 342 g/mol. The molecule has 2 aromatic rings. The Morgan fingerprint density at radius 2 is 1.81 bits per heavy atom. The van der Waals surface area contributed by atoms with Gasteiger partial charge in [0.15, 0.2) is 0 Å². The summed E-state index contributed by atoms with van der Waals surface area (Å²) >= 11 is 3.48. The summed E-state index contributed by atoms with van der Waals surface area (Å²) in [6.07, 6.45) is 2.24. The SMILES string of the molecule is Brc1ccc(CN2CCN/C(=C\c3ccccc3)C2)cc1. The molecule has 0 aromatic heterocycles. The van der Waals surface area contributed by atoms with Crippen LogP contribution in [-0.2, 0) is 6.54 Å². The molecule has 21 heavy (non-hydrogen) atoms. The van der Waals surface area contributed by atoms with E-state index in [4.69, 9.17) is 0 Å². The maximum Gasteiger partial charge on any atom is 0.0386 e. The first kappa shape index (κ1) is 14.4. The highest BCUT2D eigenvalue weighted by molar-refractivity contribution is 9.10. The van der Waals surface area contributed by atoms with E-state index in [1.54, 1.807) is 0 Å². The number of rotatable bonds is 3. The number of hydrogen-bond acceptors (Lipinski definition) is 2. The van der Waals surface area contributed by atoms with E-state index >= 15 is 0 Å². The van der Waals surface area contributed by atoms with Crippen molar-refractivity contribution >= 4 is 22.0 Å². The summed E-state index contributed by atoms with van der Waals surface area (Å²) in [5.41, 5.74) is 3.91. The fraction of sp³-hybridized carbons (Fsp3) is 0.222. The minimum Gasteiger partial charge on any atom is -0.386 e. The summed E-state index contributed by atoms with van der Waals surface area (Å²) in [6.45, 7) is 4.07. The van der Waals surface area contributed by atoms with Crippen LogP contribution in [0.15, 0.2) is 64.8 Å². The van der Waals surface area contributed by atoms with E-state index in [0.717, 1.165) is 30.7 Å². The van der Waals surface area contributed by atoms with Crippen LogP contribution in [0.25, 0.3) is 6.08 Å². The fourth-order valence-corrected chi connectivity index (χ4v) is 2.84. The molecule has 1 aliphatic rings. The van der Waals surface area contributed by atoms with Crippen molar-refractivity contribution in [3.05, 3.63) is 75.9 Å².